The summed E-state index contributed by atoms with van der Waals surface area (Å²) in [5.74, 6) is 0. The molecule has 1 aromatic heterocycles. The zero-order valence-corrected chi connectivity index (χ0v) is 6.54. The number of hydrogen-bond donors (Lipinski definition) is 1. The molecule has 2 heteroatoms. The van der Waals surface area contributed by atoms with Gasteiger partial charge in [0.25, 0.3) is 0 Å². The van der Waals surface area contributed by atoms with Gasteiger partial charge in [0, 0.05) is 24.5 Å². The molecule has 0 aromatic carbocycles. The summed E-state index contributed by atoms with van der Waals surface area (Å²) >= 11 is 0. The second-order valence-corrected chi connectivity index (χ2v) is 2.51. The molecule has 1 unspecified atom stereocenters. The lowest BCUT2D eigenvalue weighted by atomic mass is 10.2. The Labute approximate surface area is 61.7 Å². The van der Waals surface area contributed by atoms with E-state index < -0.39 is 0 Å². The van der Waals surface area contributed by atoms with Crippen molar-refractivity contribution in [1.29, 1.82) is 0 Å². The first-order valence-electron chi connectivity index (χ1n) is 3.66. The van der Waals surface area contributed by atoms with Gasteiger partial charge in [-0.1, -0.05) is 0 Å². The fourth-order valence-electron chi connectivity index (χ4n) is 1.13. The molecule has 0 aliphatic carbocycles. The summed E-state index contributed by atoms with van der Waals surface area (Å²) in [6.07, 6.45) is 2.05. The first-order chi connectivity index (χ1) is 4.75. The van der Waals surface area contributed by atoms with E-state index >= 15 is 0 Å². The SMILES string of the molecule is CCn1cccc1C(C)N. The van der Waals surface area contributed by atoms with Gasteiger partial charge in [0.2, 0.25) is 0 Å². The van der Waals surface area contributed by atoms with Crippen LogP contribution in [-0.2, 0) is 6.54 Å². The van der Waals surface area contributed by atoms with E-state index in [4.69, 9.17) is 5.73 Å². The van der Waals surface area contributed by atoms with Crippen LogP contribution >= 0.6 is 0 Å². The predicted molar refractivity (Wildman–Crippen MR) is 42.7 cm³/mol. The van der Waals surface area contributed by atoms with Gasteiger partial charge in [-0.3, -0.25) is 0 Å². The van der Waals surface area contributed by atoms with E-state index in [1.807, 2.05) is 13.0 Å². The average Bonchev–Trinajstić information content (AvgIpc) is 2.33. The molecule has 0 saturated heterocycles. The van der Waals surface area contributed by atoms with Crippen LogP contribution in [0.4, 0.5) is 0 Å². The highest BCUT2D eigenvalue weighted by Gasteiger charge is 2.01. The number of nitrogens with two attached hydrogens (primary N) is 1. The molecular formula is C8H14N2. The van der Waals surface area contributed by atoms with E-state index in [1.165, 1.54) is 5.69 Å². The van der Waals surface area contributed by atoms with Crippen molar-refractivity contribution >= 4 is 0 Å². The molecule has 0 fully saturated rings. The number of aromatic nitrogens is 1. The molecular weight excluding hydrogens is 124 g/mol. The first-order valence-corrected chi connectivity index (χ1v) is 3.66. The Morgan fingerprint density at radius 2 is 2.40 bits per heavy atom. The van der Waals surface area contributed by atoms with Crippen molar-refractivity contribution in [2.24, 2.45) is 5.73 Å². The van der Waals surface area contributed by atoms with Crippen LogP contribution in [0.1, 0.15) is 25.6 Å². The molecule has 2 N–H and O–H groups in total. The number of rotatable bonds is 2. The molecule has 0 saturated carbocycles. The second-order valence-electron chi connectivity index (χ2n) is 2.51. The van der Waals surface area contributed by atoms with Crippen molar-refractivity contribution in [2.75, 3.05) is 0 Å². The van der Waals surface area contributed by atoms with E-state index in [-0.39, 0.29) is 6.04 Å². The third kappa shape index (κ3) is 1.21. The molecule has 1 aromatic rings. The molecule has 1 rings (SSSR count). The van der Waals surface area contributed by atoms with Gasteiger partial charge >= 0.3 is 0 Å². The molecule has 0 bridgehead atoms. The molecule has 10 heavy (non-hydrogen) atoms. The topological polar surface area (TPSA) is 30.9 Å². The Hall–Kier alpha value is -0.760. The van der Waals surface area contributed by atoms with Crippen LogP contribution in [-0.4, -0.2) is 4.57 Å². The van der Waals surface area contributed by atoms with Crippen LogP contribution in [0.25, 0.3) is 0 Å². The summed E-state index contributed by atoms with van der Waals surface area (Å²) in [6.45, 7) is 5.12. The quantitative estimate of drug-likeness (QED) is 0.660. The van der Waals surface area contributed by atoms with Gasteiger partial charge in [-0.25, -0.2) is 0 Å². The van der Waals surface area contributed by atoms with Crippen molar-refractivity contribution in [3.8, 4) is 0 Å². The zero-order chi connectivity index (χ0) is 7.56. The van der Waals surface area contributed by atoms with Gasteiger partial charge in [0.05, 0.1) is 0 Å². The Balaban J connectivity index is 2.90. The summed E-state index contributed by atoms with van der Waals surface area (Å²) in [5, 5.41) is 0. The summed E-state index contributed by atoms with van der Waals surface area (Å²) < 4.78 is 2.16. The second kappa shape index (κ2) is 2.88. The van der Waals surface area contributed by atoms with Crippen LogP contribution in [0, 0.1) is 0 Å². The van der Waals surface area contributed by atoms with Gasteiger partial charge < -0.3 is 10.3 Å². The first kappa shape index (κ1) is 7.35. The largest absolute Gasteiger partial charge is 0.350 e. The van der Waals surface area contributed by atoms with E-state index in [2.05, 4.69) is 23.8 Å². The zero-order valence-electron chi connectivity index (χ0n) is 6.54. The monoisotopic (exact) mass is 138 g/mol. The Bertz CT molecular complexity index is 201. The average molecular weight is 138 g/mol. The van der Waals surface area contributed by atoms with E-state index in [9.17, 15) is 0 Å². The third-order valence-corrected chi connectivity index (χ3v) is 1.67. The fraction of sp³-hybridized carbons (Fsp3) is 0.500. The van der Waals surface area contributed by atoms with Crippen LogP contribution < -0.4 is 5.73 Å². The van der Waals surface area contributed by atoms with E-state index in [0.717, 1.165) is 6.54 Å². The van der Waals surface area contributed by atoms with Crippen LogP contribution in [0.3, 0.4) is 0 Å². The Kier molecular flexibility index (Phi) is 2.12. The van der Waals surface area contributed by atoms with Crippen molar-refractivity contribution in [1.82, 2.24) is 4.57 Å². The summed E-state index contributed by atoms with van der Waals surface area (Å²) in [5.41, 5.74) is 6.92. The molecule has 0 radical (unpaired) electrons. The van der Waals surface area contributed by atoms with Gasteiger partial charge in [0.1, 0.15) is 0 Å². The molecule has 0 aliphatic rings. The van der Waals surface area contributed by atoms with E-state index in [0.29, 0.717) is 0 Å². The highest BCUT2D eigenvalue weighted by Crippen LogP contribution is 2.09. The van der Waals surface area contributed by atoms with Crippen LogP contribution in [0.2, 0.25) is 0 Å². The summed E-state index contributed by atoms with van der Waals surface area (Å²) in [4.78, 5) is 0. The Morgan fingerprint density at radius 3 is 2.80 bits per heavy atom. The summed E-state index contributed by atoms with van der Waals surface area (Å²) in [7, 11) is 0. The fourth-order valence-corrected chi connectivity index (χ4v) is 1.13. The van der Waals surface area contributed by atoms with Crippen molar-refractivity contribution in [3.05, 3.63) is 24.0 Å². The van der Waals surface area contributed by atoms with Gasteiger partial charge in [-0.2, -0.15) is 0 Å². The molecule has 1 heterocycles. The van der Waals surface area contributed by atoms with Gasteiger partial charge in [-0.15, -0.1) is 0 Å². The van der Waals surface area contributed by atoms with Crippen molar-refractivity contribution < 1.29 is 0 Å². The predicted octanol–water partition coefficient (Wildman–Crippen LogP) is 1.53. The highest BCUT2D eigenvalue weighted by atomic mass is 15.0. The smallest absolute Gasteiger partial charge is 0.0421 e. The molecule has 0 spiro atoms. The maximum absolute atomic E-state index is 5.71. The molecule has 2 nitrogen and oxygen atoms in total. The van der Waals surface area contributed by atoms with Crippen LogP contribution in [0.15, 0.2) is 18.3 Å². The van der Waals surface area contributed by atoms with Gasteiger partial charge in [-0.05, 0) is 26.0 Å². The van der Waals surface area contributed by atoms with E-state index in [1.54, 1.807) is 0 Å². The lowest BCUT2D eigenvalue weighted by Gasteiger charge is -2.08. The number of nitrogens with zero attached hydrogens (tertiary/aromatic N) is 1. The standard InChI is InChI=1S/C8H14N2/c1-3-10-6-4-5-8(10)7(2)9/h4-7H,3,9H2,1-2H3. The maximum Gasteiger partial charge on any atom is 0.0421 e. The summed E-state index contributed by atoms with van der Waals surface area (Å²) in [6, 6.07) is 4.24. The minimum absolute atomic E-state index is 0.148. The van der Waals surface area contributed by atoms with Crippen LogP contribution in [0.5, 0.6) is 0 Å². The normalized spacial score (nSPS) is 13.5. The minimum Gasteiger partial charge on any atom is -0.350 e. The number of aryl methyl sites for hydroxylation is 1. The lowest BCUT2D eigenvalue weighted by Crippen LogP contribution is -2.10. The lowest BCUT2D eigenvalue weighted by molar-refractivity contribution is 0.658. The minimum atomic E-state index is 0.148. The molecule has 0 amide bonds. The van der Waals surface area contributed by atoms with Crippen molar-refractivity contribution in [2.45, 2.75) is 26.4 Å². The number of hydrogen-bond acceptors (Lipinski definition) is 1. The molecule has 56 valence electrons. The molecule has 0 aliphatic heterocycles. The molecule has 1 atom stereocenters. The van der Waals surface area contributed by atoms with Gasteiger partial charge in [0.15, 0.2) is 0 Å². The highest BCUT2D eigenvalue weighted by molar-refractivity contribution is 5.10. The van der Waals surface area contributed by atoms with Crippen molar-refractivity contribution in [3.63, 3.8) is 0 Å². The third-order valence-electron chi connectivity index (χ3n) is 1.67. The maximum atomic E-state index is 5.71. The Morgan fingerprint density at radius 1 is 1.70 bits per heavy atom.